The Kier molecular flexibility index (Phi) is 3.24. The maximum absolute atomic E-state index is 6.07. The second-order valence-electron chi connectivity index (χ2n) is 3.27. The fraction of sp³-hybridized carbons (Fsp3) is 0.0833. The van der Waals surface area contributed by atoms with E-state index in [0.29, 0.717) is 10.0 Å². The second-order valence-corrected chi connectivity index (χ2v) is 4.12. The van der Waals surface area contributed by atoms with Crippen LogP contribution in [0.5, 0.6) is 0 Å². The van der Waals surface area contributed by atoms with E-state index in [1.54, 1.807) is 12.3 Å². The van der Waals surface area contributed by atoms with Gasteiger partial charge in [0.1, 0.15) is 0 Å². The molecule has 2 rings (SSSR count). The summed E-state index contributed by atoms with van der Waals surface area (Å²) in [4.78, 5) is 4.06. The molecule has 0 atom stereocenters. The van der Waals surface area contributed by atoms with Gasteiger partial charge in [-0.3, -0.25) is 4.98 Å². The minimum atomic E-state index is 0.662. The molecular weight excluding hydrogens is 229 g/mol. The van der Waals surface area contributed by atoms with Gasteiger partial charge in [-0.2, -0.15) is 0 Å². The predicted octanol–water partition coefficient (Wildman–Crippen LogP) is 3.98. The fourth-order valence-electron chi connectivity index (χ4n) is 1.39. The summed E-state index contributed by atoms with van der Waals surface area (Å²) in [5.41, 5.74) is 2.20. The van der Waals surface area contributed by atoms with Crippen molar-refractivity contribution in [3.05, 3.63) is 63.9 Å². The Bertz CT molecular complexity index is 454. The zero-order chi connectivity index (χ0) is 10.7. The molecule has 76 valence electrons. The smallest absolute Gasteiger partial charge is 0.0456 e. The molecule has 2 aromatic rings. The van der Waals surface area contributed by atoms with Gasteiger partial charge in [-0.15, -0.1) is 0 Å². The molecule has 0 spiro atoms. The molecule has 1 nitrogen and oxygen atoms in total. The van der Waals surface area contributed by atoms with E-state index >= 15 is 0 Å². The molecule has 0 amide bonds. The molecule has 0 fully saturated rings. The third-order valence-corrected chi connectivity index (χ3v) is 2.72. The quantitative estimate of drug-likeness (QED) is 0.771. The van der Waals surface area contributed by atoms with E-state index in [0.717, 1.165) is 17.5 Å². The van der Waals surface area contributed by atoms with Crippen LogP contribution in [0.3, 0.4) is 0 Å². The van der Waals surface area contributed by atoms with Crippen LogP contribution in [0.4, 0.5) is 0 Å². The summed E-state index contributed by atoms with van der Waals surface area (Å²) in [5, 5.41) is 1.36. The van der Waals surface area contributed by atoms with Gasteiger partial charge in [0.05, 0.1) is 0 Å². The van der Waals surface area contributed by atoms with Crippen molar-refractivity contribution in [3.63, 3.8) is 0 Å². The van der Waals surface area contributed by atoms with Crippen LogP contribution in [0.25, 0.3) is 0 Å². The lowest BCUT2D eigenvalue weighted by Crippen LogP contribution is -1.89. The number of pyridine rings is 1. The highest BCUT2D eigenvalue weighted by atomic mass is 35.5. The Morgan fingerprint density at radius 3 is 2.67 bits per heavy atom. The highest BCUT2D eigenvalue weighted by Crippen LogP contribution is 2.22. The molecule has 0 radical (unpaired) electrons. The molecule has 15 heavy (non-hydrogen) atoms. The van der Waals surface area contributed by atoms with E-state index in [-0.39, 0.29) is 0 Å². The van der Waals surface area contributed by atoms with Crippen molar-refractivity contribution in [2.75, 3.05) is 0 Å². The zero-order valence-electron chi connectivity index (χ0n) is 7.95. The third kappa shape index (κ3) is 2.71. The summed E-state index contributed by atoms with van der Waals surface area (Å²) < 4.78 is 0. The number of halogens is 2. The lowest BCUT2D eigenvalue weighted by molar-refractivity contribution is 1.15. The van der Waals surface area contributed by atoms with Crippen molar-refractivity contribution in [3.8, 4) is 0 Å². The molecule has 1 aromatic heterocycles. The van der Waals surface area contributed by atoms with Crippen LogP contribution in [0.1, 0.15) is 11.1 Å². The molecule has 0 saturated heterocycles. The van der Waals surface area contributed by atoms with Gasteiger partial charge in [0.15, 0.2) is 0 Å². The minimum absolute atomic E-state index is 0.662. The molecule has 0 aliphatic rings. The lowest BCUT2D eigenvalue weighted by Gasteiger charge is -2.04. The van der Waals surface area contributed by atoms with Crippen LogP contribution >= 0.6 is 23.2 Å². The molecule has 0 aliphatic carbocycles. The third-order valence-electron chi connectivity index (χ3n) is 2.13. The molecule has 0 bridgehead atoms. The largest absolute Gasteiger partial charge is 0.264 e. The molecule has 1 aromatic carbocycles. The van der Waals surface area contributed by atoms with E-state index in [2.05, 4.69) is 4.98 Å². The lowest BCUT2D eigenvalue weighted by atomic mass is 10.1. The summed E-state index contributed by atoms with van der Waals surface area (Å²) >= 11 is 11.9. The van der Waals surface area contributed by atoms with Crippen molar-refractivity contribution < 1.29 is 0 Å². The predicted molar refractivity (Wildman–Crippen MR) is 63.5 cm³/mol. The van der Waals surface area contributed by atoms with Gasteiger partial charge in [0, 0.05) is 28.9 Å². The minimum Gasteiger partial charge on any atom is -0.264 e. The number of aromatic nitrogens is 1. The van der Waals surface area contributed by atoms with Crippen molar-refractivity contribution in [1.82, 2.24) is 4.98 Å². The molecular formula is C12H9Cl2N. The summed E-state index contributed by atoms with van der Waals surface area (Å²) in [5.74, 6) is 0. The second kappa shape index (κ2) is 4.65. The van der Waals surface area contributed by atoms with Crippen LogP contribution < -0.4 is 0 Å². The molecule has 3 heteroatoms. The highest BCUT2D eigenvalue weighted by molar-refractivity contribution is 6.35. The maximum Gasteiger partial charge on any atom is 0.0456 e. The van der Waals surface area contributed by atoms with Gasteiger partial charge in [-0.05, 0) is 29.3 Å². The average molecular weight is 238 g/mol. The molecule has 1 heterocycles. The number of benzene rings is 1. The fourth-order valence-corrected chi connectivity index (χ4v) is 1.86. The topological polar surface area (TPSA) is 12.9 Å². The first kappa shape index (κ1) is 10.5. The van der Waals surface area contributed by atoms with Crippen LogP contribution in [-0.2, 0) is 6.42 Å². The average Bonchev–Trinajstić information content (AvgIpc) is 2.24. The molecule has 0 unspecified atom stereocenters. The number of hydrogen-bond donors (Lipinski definition) is 0. The van der Waals surface area contributed by atoms with Crippen LogP contribution in [-0.4, -0.2) is 4.98 Å². The number of rotatable bonds is 2. The van der Waals surface area contributed by atoms with E-state index < -0.39 is 0 Å². The van der Waals surface area contributed by atoms with Gasteiger partial charge in [0.2, 0.25) is 0 Å². The Balaban J connectivity index is 2.25. The maximum atomic E-state index is 6.07. The van der Waals surface area contributed by atoms with E-state index in [1.807, 2.05) is 30.5 Å². The van der Waals surface area contributed by atoms with E-state index in [4.69, 9.17) is 23.2 Å². The van der Waals surface area contributed by atoms with Crippen molar-refractivity contribution in [1.29, 1.82) is 0 Å². The summed E-state index contributed by atoms with van der Waals surface area (Å²) in [6, 6.07) is 9.49. The summed E-state index contributed by atoms with van der Waals surface area (Å²) in [7, 11) is 0. The zero-order valence-corrected chi connectivity index (χ0v) is 9.46. The van der Waals surface area contributed by atoms with Crippen LogP contribution in [0.15, 0.2) is 42.7 Å². The van der Waals surface area contributed by atoms with E-state index in [9.17, 15) is 0 Å². The molecule has 0 saturated carbocycles. The summed E-state index contributed by atoms with van der Waals surface area (Å²) in [6.45, 7) is 0. The van der Waals surface area contributed by atoms with Gasteiger partial charge < -0.3 is 0 Å². The molecule has 0 N–H and O–H groups in total. The molecule has 0 aliphatic heterocycles. The van der Waals surface area contributed by atoms with Gasteiger partial charge in [-0.1, -0.05) is 35.3 Å². The Hall–Kier alpha value is -1.05. The van der Waals surface area contributed by atoms with Crippen molar-refractivity contribution in [2.45, 2.75) is 6.42 Å². The van der Waals surface area contributed by atoms with Gasteiger partial charge >= 0.3 is 0 Å². The monoisotopic (exact) mass is 237 g/mol. The van der Waals surface area contributed by atoms with Crippen LogP contribution in [0.2, 0.25) is 10.0 Å². The van der Waals surface area contributed by atoms with Gasteiger partial charge in [-0.25, -0.2) is 0 Å². The van der Waals surface area contributed by atoms with Crippen molar-refractivity contribution >= 4 is 23.2 Å². The van der Waals surface area contributed by atoms with E-state index in [1.165, 1.54) is 0 Å². The summed E-state index contributed by atoms with van der Waals surface area (Å²) in [6.07, 6.45) is 4.38. The first-order valence-electron chi connectivity index (χ1n) is 4.58. The normalized spacial score (nSPS) is 10.3. The Morgan fingerprint density at radius 2 is 2.00 bits per heavy atom. The number of nitrogens with zero attached hydrogens (tertiary/aromatic N) is 1. The van der Waals surface area contributed by atoms with Crippen molar-refractivity contribution in [2.24, 2.45) is 0 Å². The first-order chi connectivity index (χ1) is 7.25. The SMILES string of the molecule is Clc1ccc(Cc2cccnc2)c(Cl)c1. The number of hydrogen-bond acceptors (Lipinski definition) is 1. The first-order valence-corrected chi connectivity index (χ1v) is 5.34. The highest BCUT2D eigenvalue weighted by Gasteiger charge is 2.02. The van der Waals surface area contributed by atoms with Crippen LogP contribution in [0, 0.1) is 0 Å². The standard InChI is InChI=1S/C12H9Cl2N/c13-11-4-3-10(12(14)7-11)6-9-2-1-5-15-8-9/h1-5,7-8H,6H2. The Morgan fingerprint density at radius 1 is 1.13 bits per heavy atom. The van der Waals surface area contributed by atoms with Gasteiger partial charge in [0.25, 0.3) is 0 Å². The Labute approximate surface area is 98.7 Å².